The van der Waals surface area contributed by atoms with Crippen molar-refractivity contribution in [3.63, 3.8) is 0 Å². The van der Waals surface area contributed by atoms with E-state index in [9.17, 15) is 4.79 Å². The molecule has 0 unspecified atom stereocenters. The van der Waals surface area contributed by atoms with Crippen LogP contribution in [-0.2, 0) is 6.54 Å². The highest BCUT2D eigenvalue weighted by molar-refractivity contribution is 5.91. The number of pyridine rings is 1. The van der Waals surface area contributed by atoms with E-state index in [4.69, 9.17) is 14.0 Å². The van der Waals surface area contributed by atoms with Crippen LogP contribution in [0.2, 0.25) is 0 Å². The first-order chi connectivity index (χ1) is 12.6. The molecule has 2 heterocycles. The van der Waals surface area contributed by atoms with Crippen LogP contribution >= 0.6 is 0 Å². The van der Waals surface area contributed by atoms with Crippen molar-refractivity contribution in [2.45, 2.75) is 20.4 Å². The molecule has 0 saturated heterocycles. The largest absolute Gasteiger partial charge is 0.494 e. The van der Waals surface area contributed by atoms with Gasteiger partial charge in [0.05, 0.1) is 12.3 Å². The minimum absolute atomic E-state index is 0.183. The fraction of sp³-hybridized carbons (Fsp3) is 0.211. The second kappa shape index (κ2) is 8.15. The van der Waals surface area contributed by atoms with E-state index in [0.717, 1.165) is 11.3 Å². The molecule has 0 bridgehead atoms. The van der Waals surface area contributed by atoms with Gasteiger partial charge in [0.2, 0.25) is 11.6 Å². The Kier molecular flexibility index (Phi) is 5.48. The highest BCUT2D eigenvalue weighted by Gasteiger charge is 2.11. The lowest BCUT2D eigenvalue weighted by Crippen LogP contribution is -2.22. The summed E-state index contributed by atoms with van der Waals surface area (Å²) in [6.07, 6.45) is 1.63. The molecule has 0 radical (unpaired) electrons. The number of hydrogen-bond acceptors (Lipinski definition) is 6. The molecule has 3 rings (SSSR count). The van der Waals surface area contributed by atoms with Crippen molar-refractivity contribution in [3.05, 3.63) is 65.7 Å². The summed E-state index contributed by atoms with van der Waals surface area (Å²) in [5.41, 5.74) is 1.51. The Hall–Kier alpha value is -3.35. The lowest BCUT2D eigenvalue weighted by molar-refractivity contribution is 0.0914. The van der Waals surface area contributed by atoms with Gasteiger partial charge in [-0.2, -0.15) is 0 Å². The van der Waals surface area contributed by atoms with Gasteiger partial charge in [0.15, 0.2) is 0 Å². The van der Waals surface area contributed by atoms with Gasteiger partial charge in [0.1, 0.15) is 11.5 Å². The third-order valence-corrected chi connectivity index (χ3v) is 3.46. The Labute approximate surface area is 150 Å². The van der Waals surface area contributed by atoms with Gasteiger partial charge in [-0.15, -0.1) is 0 Å². The van der Waals surface area contributed by atoms with Gasteiger partial charge in [-0.25, -0.2) is 4.98 Å². The van der Waals surface area contributed by atoms with Crippen LogP contribution in [-0.4, -0.2) is 22.7 Å². The molecule has 7 heteroatoms. The molecular formula is C19H19N3O4. The molecule has 1 aromatic carbocycles. The quantitative estimate of drug-likeness (QED) is 0.699. The maximum Gasteiger partial charge on any atom is 0.290 e. The third kappa shape index (κ3) is 4.60. The molecule has 1 N–H and O–H groups in total. The Morgan fingerprint density at radius 3 is 2.62 bits per heavy atom. The van der Waals surface area contributed by atoms with E-state index in [1.54, 1.807) is 31.3 Å². The van der Waals surface area contributed by atoms with Crippen molar-refractivity contribution in [3.8, 4) is 17.4 Å². The lowest BCUT2D eigenvalue weighted by atomic mass is 10.2. The van der Waals surface area contributed by atoms with Crippen LogP contribution in [0.5, 0.6) is 17.4 Å². The molecule has 7 nitrogen and oxygen atoms in total. The molecule has 0 spiro atoms. The van der Waals surface area contributed by atoms with Crippen molar-refractivity contribution in [2.75, 3.05) is 6.61 Å². The van der Waals surface area contributed by atoms with Gasteiger partial charge in [-0.3, -0.25) is 4.79 Å². The summed E-state index contributed by atoms with van der Waals surface area (Å²) in [4.78, 5) is 16.2. The fourth-order valence-corrected chi connectivity index (χ4v) is 2.25. The summed E-state index contributed by atoms with van der Waals surface area (Å²) in [7, 11) is 0. The molecule has 0 atom stereocenters. The smallest absolute Gasteiger partial charge is 0.290 e. The molecule has 3 aromatic rings. The summed E-state index contributed by atoms with van der Waals surface area (Å²) < 4.78 is 16.1. The lowest BCUT2D eigenvalue weighted by Gasteiger charge is -2.08. The first-order valence-corrected chi connectivity index (χ1v) is 8.21. The Morgan fingerprint density at radius 2 is 1.92 bits per heavy atom. The van der Waals surface area contributed by atoms with E-state index in [1.807, 2.05) is 31.2 Å². The maximum absolute atomic E-state index is 12.0. The number of aromatic nitrogens is 2. The second-order valence-electron chi connectivity index (χ2n) is 5.52. The summed E-state index contributed by atoms with van der Waals surface area (Å²) in [6.45, 7) is 4.62. The Morgan fingerprint density at radius 1 is 1.15 bits per heavy atom. The van der Waals surface area contributed by atoms with Crippen LogP contribution in [0.15, 0.2) is 53.2 Å². The molecular weight excluding hydrogens is 334 g/mol. The van der Waals surface area contributed by atoms with E-state index in [0.29, 0.717) is 30.5 Å². The Balaban J connectivity index is 1.60. The Bertz CT molecular complexity index is 875. The second-order valence-corrected chi connectivity index (χ2v) is 5.52. The van der Waals surface area contributed by atoms with Crippen LogP contribution in [0.1, 0.15) is 28.7 Å². The van der Waals surface area contributed by atoms with Gasteiger partial charge in [0, 0.05) is 24.9 Å². The molecule has 0 aliphatic carbocycles. The monoisotopic (exact) mass is 353 g/mol. The fourth-order valence-electron chi connectivity index (χ4n) is 2.25. The topological polar surface area (TPSA) is 86.5 Å². The summed E-state index contributed by atoms with van der Waals surface area (Å²) >= 11 is 0. The van der Waals surface area contributed by atoms with Crippen LogP contribution in [0.4, 0.5) is 0 Å². The van der Waals surface area contributed by atoms with Crippen LogP contribution in [0.3, 0.4) is 0 Å². The van der Waals surface area contributed by atoms with E-state index in [-0.39, 0.29) is 11.7 Å². The number of aryl methyl sites for hydroxylation is 1. The van der Waals surface area contributed by atoms with Crippen molar-refractivity contribution in [2.24, 2.45) is 0 Å². The molecule has 0 saturated carbocycles. The van der Waals surface area contributed by atoms with Gasteiger partial charge in [-0.05, 0) is 49.7 Å². The third-order valence-electron chi connectivity index (χ3n) is 3.46. The summed E-state index contributed by atoms with van der Waals surface area (Å²) in [5, 5.41) is 6.47. The zero-order chi connectivity index (χ0) is 18.4. The number of hydrogen-bond donors (Lipinski definition) is 1. The number of ether oxygens (including phenoxy) is 2. The average molecular weight is 353 g/mol. The van der Waals surface area contributed by atoms with Crippen LogP contribution in [0, 0.1) is 6.92 Å². The number of nitrogens with one attached hydrogen (secondary N) is 1. The average Bonchev–Trinajstić information content (AvgIpc) is 3.08. The number of carbonyl (C=O) groups excluding carboxylic acids is 1. The minimum atomic E-state index is -0.323. The first-order valence-electron chi connectivity index (χ1n) is 8.21. The van der Waals surface area contributed by atoms with Gasteiger partial charge < -0.3 is 19.3 Å². The van der Waals surface area contributed by atoms with Gasteiger partial charge in [0.25, 0.3) is 5.91 Å². The van der Waals surface area contributed by atoms with E-state index in [1.165, 1.54) is 0 Å². The zero-order valence-corrected chi connectivity index (χ0v) is 14.6. The highest BCUT2D eigenvalue weighted by atomic mass is 16.5. The molecule has 134 valence electrons. The number of nitrogens with zero attached hydrogens (tertiary/aromatic N) is 2. The van der Waals surface area contributed by atoms with Gasteiger partial charge >= 0.3 is 0 Å². The summed E-state index contributed by atoms with van der Waals surface area (Å²) in [5.74, 6) is 1.74. The number of benzene rings is 1. The zero-order valence-electron chi connectivity index (χ0n) is 14.6. The maximum atomic E-state index is 12.0. The minimum Gasteiger partial charge on any atom is -0.494 e. The SMILES string of the molecule is CCOc1ccc(Oc2cc(CNC(=O)c3cc(C)no3)ccn2)cc1. The highest BCUT2D eigenvalue weighted by Crippen LogP contribution is 2.23. The number of rotatable bonds is 7. The van der Waals surface area contributed by atoms with Gasteiger partial charge in [-0.1, -0.05) is 5.16 Å². The van der Waals surface area contributed by atoms with E-state index in [2.05, 4.69) is 15.5 Å². The molecule has 26 heavy (non-hydrogen) atoms. The number of amides is 1. The predicted octanol–water partition coefficient (Wildman–Crippen LogP) is 3.50. The molecule has 0 aliphatic heterocycles. The van der Waals surface area contributed by atoms with Crippen molar-refractivity contribution >= 4 is 5.91 Å². The molecule has 0 fully saturated rings. The molecule has 0 aliphatic rings. The van der Waals surface area contributed by atoms with Crippen molar-refractivity contribution in [1.29, 1.82) is 0 Å². The van der Waals surface area contributed by atoms with Crippen molar-refractivity contribution < 1.29 is 18.8 Å². The summed E-state index contributed by atoms with van der Waals surface area (Å²) in [6, 6.07) is 12.5. The van der Waals surface area contributed by atoms with E-state index >= 15 is 0 Å². The van der Waals surface area contributed by atoms with Crippen LogP contribution in [0.25, 0.3) is 0 Å². The standard InChI is InChI=1S/C19H19N3O4/c1-3-24-15-4-6-16(7-5-15)25-18-11-14(8-9-20-18)12-21-19(23)17-10-13(2)22-26-17/h4-11H,3,12H2,1-2H3,(H,21,23). The normalized spacial score (nSPS) is 10.4. The van der Waals surface area contributed by atoms with Crippen molar-refractivity contribution in [1.82, 2.24) is 15.5 Å². The molecule has 2 aromatic heterocycles. The first kappa shape index (κ1) is 17.5. The molecule has 1 amide bonds. The van der Waals surface area contributed by atoms with Crippen LogP contribution < -0.4 is 14.8 Å². The number of carbonyl (C=O) groups is 1. The van der Waals surface area contributed by atoms with E-state index < -0.39 is 0 Å². The predicted molar refractivity (Wildman–Crippen MR) is 94.3 cm³/mol.